The van der Waals surface area contributed by atoms with Gasteiger partial charge in [0, 0.05) is 16.7 Å². The van der Waals surface area contributed by atoms with Crippen LogP contribution in [0.25, 0.3) is 0 Å². The van der Waals surface area contributed by atoms with Crippen molar-refractivity contribution in [2.45, 2.75) is 82.6 Å². The maximum absolute atomic E-state index is 17.1. The van der Waals surface area contributed by atoms with Crippen molar-refractivity contribution in [2.75, 3.05) is 6.61 Å². The molecule has 1 saturated heterocycles. The predicted octanol–water partition coefficient (Wildman–Crippen LogP) is 2.42. The van der Waals surface area contributed by atoms with Crippen molar-refractivity contribution < 1.29 is 33.7 Å². The molecular formula is C24H31FO6. The second kappa shape index (κ2) is 6.13. The van der Waals surface area contributed by atoms with E-state index < -0.39 is 58.4 Å². The Hall–Kier alpha value is -1.41. The van der Waals surface area contributed by atoms with Crippen LogP contribution in [0.3, 0.4) is 0 Å². The zero-order valence-electron chi connectivity index (χ0n) is 18.5. The number of hydrogen-bond acceptors (Lipinski definition) is 6. The number of carbonyl (C=O) groups excluding carboxylic acids is 2. The molecule has 1 aliphatic heterocycles. The highest BCUT2D eigenvalue weighted by Gasteiger charge is 2.79. The van der Waals surface area contributed by atoms with E-state index >= 15 is 4.39 Å². The molecule has 0 amide bonds. The lowest BCUT2D eigenvalue weighted by Crippen LogP contribution is -2.70. The molecule has 4 fully saturated rings. The highest BCUT2D eigenvalue weighted by atomic mass is 19.1. The molecule has 4 aliphatic carbocycles. The molecule has 0 aromatic rings. The van der Waals surface area contributed by atoms with Crippen LogP contribution in [0.4, 0.5) is 4.39 Å². The monoisotopic (exact) mass is 434 g/mol. The molecule has 0 aromatic heterocycles. The molecule has 31 heavy (non-hydrogen) atoms. The highest BCUT2D eigenvalue weighted by Crippen LogP contribution is 2.72. The minimum Gasteiger partial charge on any atom is -0.390 e. The first kappa shape index (κ1) is 21.4. The minimum absolute atomic E-state index is 0.0109. The standard InChI is InChI=1S/C24H31FO6/c1-20(2)30-19-10-16-15-6-5-13-9-14(27)7-8-21(13,3)23(15,25)17(28)11-22(16,4)24(19,31-20)18(29)12-26/h7-9,15-17,19,26,28H,5-6,10-12H2,1-4H3/t15-,16-,17+,19-,21-,22-,23-,24+/m0/s1. The molecule has 5 rings (SSSR count). The van der Waals surface area contributed by atoms with Crippen molar-refractivity contribution >= 4 is 11.6 Å². The molecule has 0 bridgehead atoms. The average molecular weight is 435 g/mol. The summed E-state index contributed by atoms with van der Waals surface area (Å²) in [6, 6.07) is 0. The Morgan fingerprint density at radius 1 is 1.26 bits per heavy atom. The lowest BCUT2D eigenvalue weighted by atomic mass is 9.44. The Morgan fingerprint density at radius 2 is 1.97 bits per heavy atom. The molecule has 0 radical (unpaired) electrons. The van der Waals surface area contributed by atoms with Crippen molar-refractivity contribution in [1.29, 1.82) is 0 Å². The molecule has 6 nitrogen and oxygen atoms in total. The van der Waals surface area contributed by atoms with Gasteiger partial charge in [-0.3, -0.25) is 9.59 Å². The molecule has 170 valence electrons. The van der Waals surface area contributed by atoms with Crippen LogP contribution in [0.5, 0.6) is 0 Å². The zero-order valence-corrected chi connectivity index (χ0v) is 18.5. The number of fused-ring (bicyclic) bond motifs is 7. The number of alkyl halides is 1. The van der Waals surface area contributed by atoms with Crippen LogP contribution < -0.4 is 0 Å². The van der Waals surface area contributed by atoms with Crippen LogP contribution in [-0.4, -0.2) is 57.7 Å². The van der Waals surface area contributed by atoms with Crippen LogP contribution in [0.2, 0.25) is 0 Å². The SMILES string of the molecule is CC1(C)O[C@H]2C[C@H]3[C@@H]4CCC5=CC(=O)C=C[C@]5(C)[C@@]4(F)[C@H](O)C[C@]3(C)[C@]2(C(=O)CO)O1. The van der Waals surface area contributed by atoms with Gasteiger partial charge in [0.15, 0.2) is 28.6 Å². The van der Waals surface area contributed by atoms with Gasteiger partial charge in [-0.2, -0.15) is 0 Å². The van der Waals surface area contributed by atoms with Crippen LogP contribution >= 0.6 is 0 Å². The number of carbonyl (C=O) groups is 2. The van der Waals surface area contributed by atoms with Crippen LogP contribution in [0.1, 0.15) is 53.4 Å². The van der Waals surface area contributed by atoms with E-state index in [0.29, 0.717) is 19.3 Å². The van der Waals surface area contributed by atoms with E-state index in [0.717, 1.165) is 5.57 Å². The van der Waals surface area contributed by atoms with Crippen LogP contribution in [0, 0.1) is 22.7 Å². The van der Waals surface area contributed by atoms with E-state index in [1.807, 2.05) is 6.92 Å². The molecule has 3 saturated carbocycles. The number of aliphatic hydroxyl groups excluding tert-OH is 2. The van der Waals surface area contributed by atoms with E-state index in [1.54, 1.807) is 26.8 Å². The summed E-state index contributed by atoms with van der Waals surface area (Å²) in [7, 11) is 0. The molecular weight excluding hydrogens is 403 g/mol. The number of halogens is 1. The van der Waals surface area contributed by atoms with E-state index in [4.69, 9.17) is 9.47 Å². The summed E-state index contributed by atoms with van der Waals surface area (Å²) in [6.07, 6.45) is 4.00. The lowest BCUT2D eigenvalue weighted by molar-refractivity contribution is -0.246. The number of ketones is 2. The minimum atomic E-state index is -1.98. The van der Waals surface area contributed by atoms with Crippen molar-refractivity contribution in [3.05, 3.63) is 23.8 Å². The highest BCUT2D eigenvalue weighted by molar-refractivity contribution is 6.01. The number of hydrogen-bond donors (Lipinski definition) is 2. The molecule has 0 unspecified atom stereocenters. The number of Topliss-reactive ketones (excluding diaryl/α,β-unsaturated/α-hetero) is 1. The molecule has 0 aromatic carbocycles. The van der Waals surface area contributed by atoms with Gasteiger partial charge in [-0.05, 0) is 64.5 Å². The fraction of sp³-hybridized carbons (Fsp3) is 0.750. The average Bonchev–Trinajstić information content (AvgIpc) is 3.09. The Bertz CT molecular complexity index is 925. The number of allylic oxidation sites excluding steroid dienone is 4. The fourth-order valence-electron chi connectivity index (χ4n) is 7.93. The molecule has 2 N–H and O–H groups in total. The predicted molar refractivity (Wildman–Crippen MR) is 109 cm³/mol. The first-order valence-electron chi connectivity index (χ1n) is 11.2. The number of aliphatic hydroxyl groups is 2. The summed E-state index contributed by atoms with van der Waals surface area (Å²) in [4.78, 5) is 25.1. The third kappa shape index (κ3) is 2.31. The summed E-state index contributed by atoms with van der Waals surface area (Å²) in [5, 5.41) is 21.2. The number of rotatable bonds is 2. The Labute approximate surface area is 181 Å². The Balaban J connectivity index is 1.64. The zero-order chi connectivity index (χ0) is 22.6. The summed E-state index contributed by atoms with van der Waals surface area (Å²) >= 11 is 0. The smallest absolute Gasteiger partial charge is 0.193 e. The third-order valence-corrected chi connectivity index (χ3v) is 9.19. The first-order valence-corrected chi connectivity index (χ1v) is 11.2. The summed E-state index contributed by atoms with van der Waals surface area (Å²) in [6.45, 7) is 6.41. The van der Waals surface area contributed by atoms with Gasteiger partial charge < -0.3 is 19.7 Å². The quantitative estimate of drug-likeness (QED) is 0.694. The van der Waals surface area contributed by atoms with Gasteiger partial charge >= 0.3 is 0 Å². The third-order valence-electron chi connectivity index (χ3n) is 9.19. The summed E-state index contributed by atoms with van der Waals surface area (Å²) < 4.78 is 29.5. The maximum atomic E-state index is 17.1. The number of ether oxygens (including phenoxy) is 2. The van der Waals surface area contributed by atoms with Crippen molar-refractivity contribution in [3.63, 3.8) is 0 Å². The van der Waals surface area contributed by atoms with Gasteiger partial charge in [0.25, 0.3) is 0 Å². The van der Waals surface area contributed by atoms with Gasteiger partial charge in [-0.25, -0.2) is 4.39 Å². The van der Waals surface area contributed by atoms with E-state index in [2.05, 4.69) is 0 Å². The van der Waals surface area contributed by atoms with E-state index in [9.17, 15) is 19.8 Å². The molecule has 5 aliphatic rings. The summed E-state index contributed by atoms with van der Waals surface area (Å²) in [5.41, 5.74) is -4.66. The van der Waals surface area contributed by atoms with Gasteiger partial charge in [0.1, 0.15) is 6.61 Å². The van der Waals surface area contributed by atoms with E-state index in [1.165, 1.54) is 12.2 Å². The second-order valence-corrected chi connectivity index (χ2v) is 10.9. The molecule has 7 heteroatoms. The van der Waals surface area contributed by atoms with Crippen LogP contribution in [0.15, 0.2) is 23.8 Å². The topological polar surface area (TPSA) is 93.1 Å². The van der Waals surface area contributed by atoms with Gasteiger partial charge in [-0.1, -0.05) is 18.6 Å². The molecule has 8 atom stereocenters. The Morgan fingerprint density at radius 3 is 2.65 bits per heavy atom. The van der Waals surface area contributed by atoms with E-state index in [-0.39, 0.29) is 18.1 Å². The lowest BCUT2D eigenvalue weighted by Gasteiger charge is -2.62. The van der Waals surface area contributed by atoms with Gasteiger partial charge in [-0.15, -0.1) is 0 Å². The maximum Gasteiger partial charge on any atom is 0.193 e. The largest absolute Gasteiger partial charge is 0.390 e. The van der Waals surface area contributed by atoms with Crippen molar-refractivity contribution in [1.82, 2.24) is 0 Å². The Kier molecular flexibility index (Phi) is 4.24. The van der Waals surface area contributed by atoms with Crippen LogP contribution in [-0.2, 0) is 19.1 Å². The molecule has 1 heterocycles. The van der Waals surface area contributed by atoms with Gasteiger partial charge in [0.2, 0.25) is 0 Å². The normalized spacial score (nSPS) is 52.1. The second-order valence-electron chi connectivity index (χ2n) is 10.9. The summed E-state index contributed by atoms with van der Waals surface area (Å²) in [5.74, 6) is -2.46. The van der Waals surface area contributed by atoms with Crippen molar-refractivity contribution in [2.24, 2.45) is 22.7 Å². The van der Waals surface area contributed by atoms with Crippen molar-refractivity contribution in [3.8, 4) is 0 Å². The first-order chi connectivity index (χ1) is 14.4. The fourth-order valence-corrected chi connectivity index (χ4v) is 7.93. The molecule has 0 spiro atoms. The van der Waals surface area contributed by atoms with Gasteiger partial charge in [0.05, 0.1) is 12.2 Å².